The third kappa shape index (κ3) is 2.41. The van der Waals surface area contributed by atoms with Crippen molar-refractivity contribution in [1.29, 1.82) is 0 Å². The fraction of sp³-hybridized carbons (Fsp3) is 0.333. The minimum Gasteiger partial charge on any atom is -0.204 e. The molecule has 0 aliphatic heterocycles. The lowest BCUT2D eigenvalue weighted by Crippen LogP contribution is -1.98. The molecule has 0 amide bonds. The first-order chi connectivity index (χ1) is 6.66. The molecule has 0 saturated carbocycles. The molecule has 0 saturated heterocycles. The van der Waals surface area contributed by atoms with E-state index in [1.54, 1.807) is 12.1 Å². The van der Waals surface area contributed by atoms with Crippen LogP contribution in [0.2, 0.25) is 0 Å². The highest BCUT2D eigenvalue weighted by Gasteiger charge is 2.12. The second-order valence-electron chi connectivity index (χ2n) is 3.35. The molecule has 1 aromatic carbocycles. The van der Waals surface area contributed by atoms with E-state index in [4.69, 9.17) is 0 Å². The second-order valence-corrected chi connectivity index (χ2v) is 3.35. The smallest absolute Gasteiger partial charge is 0.162 e. The van der Waals surface area contributed by atoms with Gasteiger partial charge >= 0.3 is 0 Å². The van der Waals surface area contributed by atoms with Gasteiger partial charge in [-0.2, -0.15) is 0 Å². The van der Waals surface area contributed by atoms with Crippen LogP contribution in [0.1, 0.15) is 31.7 Å². The van der Waals surface area contributed by atoms with Crippen LogP contribution in [0.25, 0.3) is 0 Å². The molecule has 0 aliphatic rings. The van der Waals surface area contributed by atoms with Crippen molar-refractivity contribution in [1.82, 2.24) is 0 Å². The van der Waals surface area contributed by atoms with Crippen LogP contribution in [0.15, 0.2) is 30.4 Å². The Morgan fingerprint density at radius 3 is 2.71 bits per heavy atom. The van der Waals surface area contributed by atoms with Gasteiger partial charge < -0.3 is 0 Å². The Kier molecular flexibility index (Phi) is 3.81. The number of allylic oxidation sites excluding steroid dienone is 2. The topological polar surface area (TPSA) is 0 Å². The highest BCUT2D eigenvalue weighted by atomic mass is 19.2. The van der Waals surface area contributed by atoms with E-state index in [1.807, 2.05) is 26.0 Å². The zero-order valence-electron chi connectivity index (χ0n) is 8.43. The van der Waals surface area contributed by atoms with Crippen molar-refractivity contribution in [2.24, 2.45) is 0 Å². The van der Waals surface area contributed by atoms with Crippen LogP contribution in [-0.4, -0.2) is 0 Å². The van der Waals surface area contributed by atoms with Crippen molar-refractivity contribution >= 4 is 0 Å². The summed E-state index contributed by atoms with van der Waals surface area (Å²) in [6, 6.07) is 4.31. The Hall–Kier alpha value is -1.18. The maximum Gasteiger partial charge on any atom is 0.162 e. The van der Waals surface area contributed by atoms with Gasteiger partial charge in [-0.3, -0.25) is 0 Å². The summed E-state index contributed by atoms with van der Waals surface area (Å²) in [5, 5.41) is 0. The van der Waals surface area contributed by atoms with Gasteiger partial charge in [0.15, 0.2) is 11.6 Å². The lowest BCUT2D eigenvalue weighted by Gasteiger charge is -2.10. The molecule has 2 heteroatoms. The summed E-state index contributed by atoms with van der Waals surface area (Å²) >= 11 is 0. The first-order valence-electron chi connectivity index (χ1n) is 4.72. The largest absolute Gasteiger partial charge is 0.204 e. The summed E-state index contributed by atoms with van der Waals surface area (Å²) in [5.74, 6) is -1.47. The van der Waals surface area contributed by atoms with Gasteiger partial charge in [0.05, 0.1) is 0 Å². The Morgan fingerprint density at radius 1 is 1.36 bits per heavy atom. The third-order valence-corrected chi connectivity index (χ3v) is 2.24. The second kappa shape index (κ2) is 4.89. The fourth-order valence-electron chi connectivity index (χ4n) is 1.37. The first kappa shape index (κ1) is 10.9. The molecule has 1 unspecified atom stereocenters. The molecule has 0 radical (unpaired) electrons. The number of halogens is 2. The lowest BCUT2D eigenvalue weighted by atomic mass is 9.97. The Morgan fingerprint density at radius 2 is 2.07 bits per heavy atom. The van der Waals surface area contributed by atoms with Crippen LogP contribution in [0.3, 0.4) is 0 Å². The van der Waals surface area contributed by atoms with Crippen molar-refractivity contribution < 1.29 is 8.78 Å². The number of rotatable bonds is 3. The zero-order chi connectivity index (χ0) is 10.6. The minimum absolute atomic E-state index is 0.0156. The van der Waals surface area contributed by atoms with E-state index in [9.17, 15) is 8.78 Å². The molecule has 0 aliphatic carbocycles. The van der Waals surface area contributed by atoms with Crippen LogP contribution in [0.4, 0.5) is 8.78 Å². The fourth-order valence-corrected chi connectivity index (χ4v) is 1.37. The molecule has 0 N–H and O–H groups in total. The van der Waals surface area contributed by atoms with Gasteiger partial charge in [-0.15, -0.1) is 0 Å². The Labute approximate surface area is 83.3 Å². The van der Waals surface area contributed by atoms with Crippen molar-refractivity contribution in [3.8, 4) is 0 Å². The maximum atomic E-state index is 13.3. The Bertz CT molecular complexity index is 329. The number of hydrogen-bond donors (Lipinski definition) is 0. The SMILES string of the molecule is C/C=C\CC(C)c1cccc(F)c1F. The van der Waals surface area contributed by atoms with Crippen molar-refractivity contribution in [3.05, 3.63) is 47.5 Å². The van der Waals surface area contributed by atoms with Gasteiger partial charge in [0.1, 0.15) is 0 Å². The number of hydrogen-bond acceptors (Lipinski definition) is 0. The standard InChI is InChI=1S/C12H14F2/c1-3-4-6-9(2)10-7-5-8-11(13)12(10)14/h3-5,7-9H,6H2,1-2H3/b4-3-. The van der Waals surface area contributed by atoms with Gasteiger partial charge in [0, 0.05) is 0 Å². The third-order valence-electron chi connectivity index (χ3n) is 2.24. The van der Waals surface area contributed by atoms with Gasteiger partial charge in [-0.1, -0.05) is 31.2 Å². The monoisotopic (exact) mass is 196 g/mol. The summed E-state index contributed by atoms with van der Waals surface area (Å²) in [6.07, 6.45) is 4.60. The van der Waals surface area contributed by atoms with Crippen LogP contribution in [0.5, 0.6) is 0 Å². The summed E-state index contributed by atoms with van der Waals surface area (Å²) < 4.78 is 26.1. The maximum absolute atomic E-state index is 13.3. The predicted octanol–water partition coefficient (Wildman–Crippen LogP) is 4.03. The molecule has 0 aromatic heterocycles. The summed E-state index contributed by atoms with van der Waals surface area (Å²) in [7, 11) is 0. The van der Waals surface area contributed by atoms with Gasteiger partial charge in [-0.05, 0) is 30.9 Å². The molecule has 14 heavy (non-hydrogen) atoms. The highest BCUT2D eigenvalue weighted by molar-refractivity contribution is 5.23. The van der Waals surface area contributed by atoms with E-state index in [2.05, 4.69) is 0 Å². The molecular weight excluding hydrogens is 182 g/mol. The van der Waals surface area contributed by atoms with Gasteiger partial charge in [0.25, 0.3) is 0 Å². The molecule has 0 spiro atoms. The van der Waals surface area contributed by atoms with E-state index in [-0.39, 0.29) is 5.92 Å². The van der Waals surface area contributed by atoms with E-state index >= 15 is 0 Å². The van der Waals surface area contributed by atoms with Crippen LogP contribution < -0.4 is 0 Å². The van der Waals surface area contributed by atoms with Crippen molar-refractivity contribution in [3.63, 3.8) is 0 Å². The van der Waals surface area contributed by atoms with E-state index in [0.29, 0.717) is 5.56 Å². The van der Waals surface area contributed by atoms with Crippen LogP contribution in [0, 0.1) is 11.6 Å². The molecule has 0 heterocycles. The molecule has 0 bridgehead atoms. The van der Waals surface area contributed by atoms with Crippen LogP contribution >= 0.6 is 0 Å². The van der Waals surface area contributed by atoms with Gasteiger partial charge in [0.2, 0.25) is 0 Å². The summed E-state index contributed by atoms with van der Waals surface area (Å²) in [6.45, 7) is 3.80. The van der Waals surface area contributed by atoms with E-state index < -0.39 is 11.6 Å². The molecule has 1 rings (SSSR count). The van der Waals surface area contributed by atoms with E-state index in [0.717, 1.165) is 12.5 Å². The Balaban J connectivity index is 2.89. The molecule has 0 fully saturated rings. The summed E-state index contributed by atoms with van der Waals surface area (Å²) in [5.41, 5.74) is 0.447. The lowest BCUT2D eigenvalue weighted by molar-refractivity contribution is 0.491. The quantitative estimate of drug-likeness (QED) is 0.640. The number of benzene rings is 1. The average molecular weight is 196 g/mol. The first-order valence-corrected chi connectivity index (χ1v) is 4.72. The van der Waals surface area contributed by atoms with Gasteiger partial charge in [-0.25, -0.2) is 8.78 Å². The normalized spacial score (nSPS) is 13.4. The molecular formula is C12H14F2. The van der Waals surface area contributed by atoms with Crippen LogP contribution in [-0.2, 0) is 0 Å². The molecule has 0 nitrogen and oxygen atoms in total. The van der Waals surface area contributed by atoms with Crippen molar-refractivity contribution in [2.75, 3.05) is 0 Å². The summed E-state index contributed by atoms with van der Waals surface area (Å²) in [4.78, 5) is 0. The highest BCUT2D eigenvalue weighted by Crippen LogP contribution is 2.23. The molecule has 1 atom stereocenters. The minimum atomic E-state index is -0.769. The van der Waals surface area contributed by atoms with Crippen molar-refractivity contribution in [2.45, 2.75) is 26.2 Å². The molecule has 1 aromatic rings. The zero-order valence-corrected chi connectivity index (χ0v) is 8.43. The average Bonchev–Trinajstić information content (AvgIpc) is 2.18. The predicted molar refractivity (Wildman–Crippen MR) is 54.2 cm³/mol. The molecule has 76 valence electrons. The van der Waals surface area contributed by atoms with E-state index in [1.165, 1.54) is 0 Å².